The molecule has 1 rings (SSSR count). The molecule has 0 bridgehead atoms. The van der Waals surface area contributed by atoms with Gasteiger partial charge in [-0.1, -0.05) is 36.9 Å². The van der Waals surface area contributed by atoms with E-state index in [2.05, 4.69) is 6.58 Å². The van der Waals surface area contributed by atoms with E-state index in [4.69, 9.17) is 9.47 Å². The predicted octanol–water partition coefficient (Wildman–Crippen LogP) is 2.91. The van der Waals surface area contributed by atoms with Crippen LogP contribution in [0.15, 0.2) is 43.0 Å². The Morgan fingerprint density at radius 2 is 2.20 bits per heavy atom. The van der Waals surface area contributed by atoms with E-state index >= 15 is 0 Å². The number of benzene rings is 1. The highest BCUT2D eigenvalue weighted by atomic mass is 16.5. The van der Waals surface area contributed by atoms with Gasteiger partial charge in [0.15, 0.2) is 0 Å². The first kappa shape index (κ1) is 11.5. The predicted molar refractivity (Wildman–Crippen MR) is 63.0 cm³/mol. The third-order valence-electron chi connectivity index (χ3n) is 1.84. The molecule has 0 aliphatic rings. The number of rotatable bonds is 6. The van der Waals surface area contributed by atoms with E-state index in [0.29, 0.717) is 13.2 Å². The van der Waals surface area contributed by atoms with E-state index in [1.807, 2.05) is 36.4 Å². The molecule has 1 aromatic rings. The van der Waals surface area contributed by atoms with Crippen LogP contribution in [-0.4, -0.2) is 20.3 Å². The highest BCUT2D eigenvalue weighted by Gasteiger charge is 1.93. The van der Waals surface area contributed by atoms with Crippen molar-refractivity contribution >= 4 is 6.08 Å². The summed E-state index contributed by atoms with van der Waals surface area (Å²) in [5.74, 6) is 0.860. The third kappa shape index (κ3) is 4.47. The van der Waals surface area contributed by atoms with Crippen LogP contribution in [0.25, 0.3) is 6.08 Å². The quantitative estimate of drug-likeness (QED) is 0.524. The Morgan fingerprint density at radius 1 is 1.33 bits per heavy atom. The molecule has 0 N–H and O–H groups in total. The van der Waals surface area contributed by atoms with Crippen LogP contribution in [0.3, 0.4) is 0 Å². The standard InChI is InChI=1S/C13H16O2/c1-3-4-6-12-7-5-8-13(11-12)15-10-9-14-2/h3-8,11H,1,9-10H2,2H3/b6-4+. The van der Waals surface area contributed by atoms with Crippen molar-refractivity contribution in [3.05, 3.63) is 48.6 Å². The Kier molecular flexibility index (Phi) is 5.26. The van der Waals surface area contributed by atoms with E-state index in [9.17, 15) is 0 Å². The zero-order valence-corrected chi connectivity index (χ0v) is 8.98. The fourth-order valence-corrected chi connectivity index (χ4v) is 1.13. The minimum atomic E-state index is 0.575. The van der Waals surface area contributed by atoms with Crippen molar-refractivity contribution in [1.29, 1.82) is 0 Å². The molecule has 15 heavy (non-hydrogen) atoms. The summed E-state index contributed by atoms with van der Waals surface area (Å²) in [6, 6.07) is 7.89. The molecule has 0 saturated carbocycles. The maximum absolute atomic E-state index is 5.48. The van der Waals surface area contributed by atoms with E-state index < -0.39 is 0 Å². The number of allylic oxidation sites excluding steroid dienone is 2. The Labute approximate surface area is 90.8 Å². The molecular weight excluding hydrogens is 188 g/mol. The van der Waals surface area contributed by atoms with Crippen LogP contribution in [0, 0.1) is 0 Å². The molecule has 1 aromatic carbocycles. The summed E-state index contributed by atoms with van der Waals surface area (Å²) in [5, 5.41) is 0. The molecule has 0 spiro atoms. The summed E-state index contributed by atoms with van der Waals surface area (Å²) in [6.45, 7) is 4.80. The third-order valence-corrected chi connectivity index (χ3v) is 1.84. The van der Waals surface area contributed by atoms with Gasteiger partial charge in [-0.2, -0.15) is 0 Å². The topological polar surface area (TPSA) is 18.5 Å². The van der Waals surface area contributed by atoms with E-state index in [-0.39, 0.29) is 0 Å². The number of ether oxygens (including phenoxy) is 2. The second kappa shape index (κ2) is 6.85. The fraction of sp³-hybridized carbons (Fsp3) is 0.231. The molecule has 80 valence electrons. The first-order chi connectivity index (χ1) is 7.36. The highest BCUT2D eigenvalue weighted by molar-refractivity contribution is 5.53. The maximum atomic E-state index is 5.48. The lowest BCUT2D eigenvalue weighted by atomic mass is 10.2. The van der Waals surface area contributed by atoms with Gasteiger partial charge < -0.3 is 9.47 Å². The fourth-order valence-electron chi connectivity index (χ4n) is 1.13. The molecule has 0 radical (unpaired) electrons. The largest absolute Gasteiger partial charge is 0.491 e. The van der Waals surface area contributed by atoms with Crippen LogP contribution in [-0.2, 0) is 4.74 Å². The minimum Gasteiger partial charge on any atom is -0.491 e. The zero-order valence-electron chi connectivity index (χ0n) is 8.98. The lowest BCUT2D eigenvalue weighted by Gasteiger charge is -2.05. The lowest BCUT2D eigenvalue weighted by Crippen LogP contribution is -2.04. The summed E-state index contributed by atoms with van der Waals surface area (Å²) in [7, 11) is 1.66. The van der Waals surface area contributed by atoms with Crippen molar-refractivity contribution in [2.24, 2.45) is 0 Å². The van der Waals surface area contributed by atoms with Crippen molar-refractivity contribution in [1.82, 2.24) is 0 Å². The van der Waals surface area contributed by atoms with Gasteiger partial charge in [-0.3, -0.25) is 0 Å². The summed E-state index contributed by atoms with van der Waals surface area (Å²) in [5.41, 5.74) is 1.10. The summed E-state index contributed by atoms with van der Waals surface area (Å²) >= 11 is 0. The van der Waals surface area contributed by atoms with Crippen LogP contribution in [0.1, 0.15) is 5.56 Å². The van der Waals surface area contributed by atoms with Crippen LogP contribution in [0.4, 0.5) is 0 Å². The Balaban J connectivity index is 2.57. The second-order valence-electron chi connectivity index (χ2n) is 3.01. The van der Waals surface area contributed by atoms with Crippen LogP contribution < -0.4 is 4.74 Å². The minimum absolute atomic E-state index is 0.575. The molecule has 2 heteroatoms. The van der Waals surface area contributed by atoms with Crippen LogP contribution >= 0.6 is 0 Å². The van der Waals surface area contributed by atoms with Gasteiger partial charge in [0, 0.05) is 7.11 Å². The van der Waals surface area contributed by atoms with Gasteiger partial charge in [0.25, 0.3) is 0 Å². The molecule has 0 aliphatic heterocycles. The van der Waals surface area contributed by atoms with Crippen LogP contribution in [0.5, 0.6) is 5.75 Å². The second-order valence-corrected chi connectivity index (χ2v) is 3.01. The summed E-state index contributed by atoms with van der Waals surface area (Å²) < 4.78 is 10.4. The van der Waals surface area contributed by atoms with Gasteiger partial charge in [0.2, 0.25) is 0 Å². The molecule has 0 fully saturated rings. The van der Waals surface area contributed by atoms with Gasteiger partial charge in [-0.05, 0) is 17.7 Å². The zero-order chi connectivity index (χ0) is 10.9. The van der Waals surface area contributed by atoms with Crippen molar-refractivity contribution in [2.75, 3.05) is 20.3 Å². The van der Waals surface area contributed by atoms with Gasteiger partial charge in [-0.25, -0.2) is 0 Å². The molecule has 0 atom stereocenters. The molecule has 2 nitrogen and oxygen atoms in total. The Hall–Kier alpha value is -1.54. The van der Waals surface area contributed by atoms with E-state index in [1.165, 1.54) is 0 Å². The first-order valence-electron chi connectivity index (χ1n) is 4.87. The van der Waals surface area contributed by atoms with Crippen molar-refractivity contribution in [3.8, 4) is 5.75 Å². The molecule has 0 heterocycles. The lowest BCUT2D eigenvalue weighted by molar-refractivity contribution is 0.146. The van der Waals surface area contributed by atoms with Gasteiger partial charge in [-0.15, -0.1) is 0 Å². The SMILES string of the molecule is C=C/C=C/c1cccc(OCCOC)c1. The number of hydrogen-bond donors (Lipinski definition) is 0. The molecule has 0 aliphatic carbocycles. The number of methoxy groups -OCH3 is 1. The molecule has 0 aromatic heterocycles. The van der Waals surface area contributed by atoms with Gasteiger partial charge in [0.05, 0.1) is 6.61 Å². The maximum Gasteiger partial charge on any atom is 0.120 e. The smallest absolute Gasteiger partial charge is 0.120 e. The van der Waals surface area contributed by atoms with Crippen molar-refractivity contribution in [2.45, 2.75) is 0 Å². The Bertz CT molecular complexity index is 329. The summed E-state index contributed by atoms with van der Waals surface area (Å²) in [4.78, 5) is 0. The van der Waals surface area contributed by atoms with Crippen molar-refractivity contribution < 1.29 is 9.47 Å². The van der Waals surface area contributed by atoms with Crippen molar-refractivity contribution in [3.63, 3.8) is 0 Å². The average Bonchev–Trinajstić information content (AvgIpc) is 2.27. The van der Waals surface area contributed by atoms with E-state index in [1.54, 1.807) is 13.2 Å². The summed E-state index contributed by atoms with van der Waals surface area (Å²) in [6.07, 6.45) is 5.63. The normalized spacial score (nSPS) is 10.5. The molecular formula is C13H16O2. The first-order valence-corrected chi connectivity index (χ1v) is 4.87. The molecule has 0 saturated heterocycles. The van der Waals surface area contributed by atoms with Crippen LogP contribution in [0.2, 0.25) is 0 Å². The molecule has 0 unspecified atom stereocenters. The monoisotopic (exact) mass is 204 g/mol. The molecule has 0 amide bonds. The Morgan fingerprint density at radius 3 is 2.93 bits per heavy atom. The number of hydrogen-bond acceptors (Lipinski definition) is 2. The van der Waals surface area contributed by atoms with E-state index in [0.717, 1.165) is 11.3 Å². The highest BCUT2D eigenvalue weighted by Crippen LogP contribution is 2.14. The average molecular weight is 204 g/mol. The van der Waals surface area contributed by atoms with Gasteiger partial charge >= 0.3 is 0 Å². The van der Waals surface area contributed by atoms with Gasteiger partial charge in [0.1, 0.15) is 12.4 Å².